The van der Waals surface area contributed by atoms with Gasteiger partial charge in [-0.05, 0) is 41.1 Å². The summed E-state index contributed by atoms with van der Waals surface area (Å²) in [6, 6.07) is 23.2. The van der Waals surface area contributed by atoms with Gasteiger partial charge in [0.05, 0.1) is 0 Å². The van der Waals surface area contributed by atoms with Gasteiger partial charge in [0, 0.05) is 33.5 Å². The van der Waals surface area contributed by atoms with Crippen molar-refractivity contribution in [2.75, 3.05) is 22.9 Å². The van der Waals surface area contributed by atoms with E-state index in [1.165, 1.54) is 0 Å². The zero-order valence-corrected chi connectivity index (χ0v) is 13.2. The van der Waals surface area contributed by atoms with Crippen molar-refractivity contribution in [3.63, 3.8) is 0 Å². The Hall–Kier alpha value is -3.40. The number of hydrogen-bond acceptors (Lipinski definition) is 4. The summed E-state index contributed by atoms with van der Waals surface area (Å²) in [5.74, 6) is 0. The third-order valence-corrected chi connectivity index (χ3v) is 3.91. The predicted molar refractivity (Wildman–Crippen MR) is 106 cm³/mol. The van der Waals surface area contributed by atoms with E-state index < -0.39 is 0 Å². The molecule has 0 bridgehead atoms. The maximum atomic E-state index is 5.78. The first-order valence-corrected chi connectivity index (χ1v) is 7.62. The third kappa shape index (κ3) is 3.03. The predicted octanol–water partition coefficient (Wildman–Crippen LogP) is 4.01. The van der Waals surface area contributed by atoms with E-state index in [4.69, 9.17) is 22.9 Å². The zero-order chi connectivity index (χ0) is 17.1. The van der Waals surface area contributed by atoms with Crippen LogP contribution in [0.4, 0.5) is 22.7 Å². The Morgan fingerprint density at radius 2 is 1.04 bits per heavy atom. The van der Waals surface area contributed by atoms with Crippen molar-refractivity contribution in [1.82, 2.24) is 0 Å². The molecule has 0 radical (unpaired) electrons. The molecule has 0 atom stereocenters. The van der Waals surface area contributed by atoms with E-state index in [1.807, 2.05) is 72.8 Å². The molecule has 4 heteroatoms. The standard InChI is InChI=1S/2C10H10N2/c11-8-5-1-3-7-4-2-6-9(12)10(7)8;11-8-5-4-7-2-1-3-10(12)9(7)6-8/h2*1-6H,11-12H2. The van der Waals surface area contributed by atoms with Gasteiger partial charge < -0.3 is 22.9 Å². The van der Waals surface area contributed by atoms with Gasteiger partial charge in [-0.15, -0.1) is 0 Å². The monoisotopic (exact) mass is 316 g/mol. The van der Waals surface area contributed by atoms with E-state index in [1.54, 1.807) is 0 Å². The molecule has 4 nitrogen and oxygen atoms in total. The summed E-state index contributed by atoms with van der Waals surface area (Å²) in [5.41, 5.74) is 26.0. The number of benzene rings is 4. The van der Waals surface area contributed by atoms with Crippen molar-refractivity contribution in [1.29, 1.82) is 0 Å². The van der Waals surface area contributed by atoms with Crippen LogP contribution in [0.1, 0.15) is 0 Å². The number of rotatable bonds is 0. The molecule has 4 aromatic carbocycles. The van der Waals surface area contributed by atoms with E-state index in [-0.39, 0.29) is 0 Å². The molecule has 0 aliphatic carbocycles. The van der Waals surface area contributed by atoms with Crippen LogP contribution in [-0.2, 0) is 0 Å². The highest BCUT2D eigenvalue weighted by molar-refractivity contribution is 6.01. The average molecular weight is 316 g/mol. The molecule has 0 saturated carbocycles. The van der Waals surface area contributed by atoms with Crippen LogP contribution in [0, 0.1) is 0 Å². The third-order valence-electron chi connectivity index (χ3n) is 3.91. The molecule has 24 heavy (non-hydrogen) atoms. The SMILES string of the molecule is Nc1ccc2cccc(N)c2c1.Nc1cccc2cccc(N)c12. The summed E-state index contributed by atoms with van der Waals surface area (Å²) in [5, 5.41) is 4.21. The van der Waals surface area contributed by atoms with Crippen LogP contribution in [0.2, 0.25) is 0 Å². The molecule has 0 aromatic heterocycles. The number of fused-ring (bicyclic) bond motifs is 2. The lowest BCUT2D eigenvalue weighted by Crippen LogP contribution is -1.91. The fourth-order valence-corrected chi connectivity index (χ4v) is 2.71. The Morgan fingerprint density at radius 1 is 0.500 bits per heavy atom. The minimum atomic E-state index is 0.741. The maximum absolute atomic E-state index is 5.78. The molecule has 0 heterocycles. The van der Waals surface area contributed by atoms with Gasteiger partial charge in [0.1, 0.15) is 0 Å². The van der Waals surface area contributed by atoms with Crippen LogP contribution in [-0.4, -0.2) is 0 Å². The first-order chi connectivity index (χ1) is 11.6. The summed E-state index contributed by atoms with van der Waals surface area (Å²) in [7, 11) is 0. The molecular weight excluding hydrogens is 296 g/mol. The van der Waals surface area contributed by atoms with Crippen molar-refractivity contribution in [3.8, 4) is 0 Å². The van der Waals surface area contributed by atoms with E-state index in [9.17, 15) is 0 Å². The molecule has 0 spiro atoms. The molecule has 4 rings (SSSR count). The average Bonchev–Trinajstić information content (AvgIpc) is 2.57. The van der Waals surface area contributed by atoms with Crippen LogP contribution in [0.15, 0.2) is 72.8 Å². The Kier molecular flexibility index (Phi) is 4.12. The molecule has 4 aromatic rings. The molecule has 120 valence electrons. The smallest absolute Gasteiger partial charge is 0.0414 e. The molecule has 0 saturated heterocycles. The number of anilines is 4. The fourth-order valence-electron chi connectivity index (χ4n) is 2.71. The summed E-state index contributed by atoms with van der Waals surface area (Å²) in [4.78, 5) is 0. The van der Waals surface area contributed by atoms with Gasteiger partial charge in [0.15, 0.2) is 0 Å². The van der Waals surface area contributed by atoms with E-state index in [0.29, 0.717) is 0 Å². The van der Waals surface area contributed by atoms with Crippen LogP contribution in [0.3, 0.4) is 0 Å². The highest BCUT2D eigenvalue weighted by atomic mass is 14.6. The largest absolute Gasteiger partial charge is 0.399 e. The Morgan fingerprint density at radius 3 is 1.62 bits per heavy atom. The minimum absolute atomic E-state index is 0.741. The van der Waals surface area contributed by atoms with Crippen molar-refractivity contribution < 1.29 is 0 Å². The maximum Gasteiger partial charge on any atom is 0.0414 e. The lowest BCUT2D eigenvalue weighted by atomic mass is 10.1. The first-order valence-electron chi connectivity index (χ1n) is 7.62. The number of hydrogen-bond donors (Lipinski definition) is 4. The summed E-state index contributed by atoms with van der Waals surface area (Å²) in [6.07, 6.45) is 0. The van der Waals surface area contributed by atoms with Crippen molar-refractivity contribution >= 4 is 44.3 Å². The molecule has 0 aliphatic heterocycles. The van der Waals surface area contributed by atoms with Crippen LogP contribution < -0.4 is 22.9 Å². The van der Waals surface area contributed by atoms with Crippen LogP contribution >= 0.6 is 0 Å². The first kappa shape index (κ1) is 15.5. The highest BCUT2D eigenvalue weighted by Gasteiger charge is 1.99. The van der Waals surface area contributed by atoms with Crippen molar-refractivity contribution in [2.24, 2.45) is 0 Å². The molecule has 0 aliphatic rings. The van der Waals surface area contributed by atoms with Gasteiger partial charge >= 0.3 is 0 Å². The van der Waals surface area contributed by atoms with E-state index in [0.717, 1.165) is 44.3 Å². The van der Waals surface area contributed by atoms with Gasteiger partial charge in [-0.25, -0.2) is 0 Å². The minimum Gasteiger partial charge on any atom is -0.399 e. The quantitative estimate of drug-likeness (QED) is 0.368. The van der Waals surface area contributed by atoms with Crippen molar-refractivity contribution in [3.05, 3.63) is 72.8 Å². The topological polar surface area (TPSA) is 104 Å². The summed E-state index contributed by atoms with van der Waals surface area (Å²) in [6.45, 7) is 0. The lowest BCUT2D eigenvalue weighted by molar-refractivity contribution is 1.71. The van der Waals surface area contributed by atoms with Gasteiger partial charge in [-0.2, -0.15) is 0 Å². The Balaban J connectivity index is 0.000000141. The van der Waals surface area contributed by atoms with Gasteiger partial charge in [0.25, 0.3) is 0 Å². The zero-order valence-electron chi connectivity index (χ0n) is 13.2. The Bertz CT molecular complexity index is 972. The normalized spacial score (nSPS) is 10.3. The van der Waals surface area contributed by atoms with E-state index in [2.05, 4.69) is 0 Å². The second-order valence-electron chi connectivity index (χ2n) is 5.62. The van der Waals surface area contributed by atoms with E-state index >= 15 is 0 Å². The summed E-state index contributed by atoms with van der Waals surface area (Å²) < 4.78 is 0. The molecule has 0 fully saturated rings. The van der Waals surface area contributed by atoms with Gasteiger partial charge in [0.2, 0.25) is 0 Å². The van der Waals surface area contributed by atoms with Crippen molar-refractivity contribution in [2.45, 2.75) is 0 Å². The highest BCUT2D eigenvalue weighted by Crippen LogP contribution is 2.26. The second kappa shape index (κ2) is 6.38. The fraction of sp³-hybridized carbons (Fsp3) is 0. The summed E-state index contributed by atoms with van der Waals surface area (Å²) >= 11 is 0. The number of nitrogen functional groups attached to an aromatic ring is 4. The van der Waals surface area contributed by atoms with Crippen LogP contribution in [0.25, 0.3) is 21.5 Å². The molecular formula is C20H20N4. The second-order valence-corrected chi connectivity index (χ2v) is 5.62. The molecule has 0 unspecified atom stereocenters. The van der Waals surface area contributed by atoms with Gasteiger partial charge in [-0.1, -0.05) is 42.5 Å². The Labute approximate surface area is 140 Å². The number of nitrogens with two attached hydrogens (primary N) is 4. The molecule has 0 amide bonds. The lowest BCUT2D eigenvalue weighted by Gasteiger charge is -2.03. The van der Waals surface area contributed by atoms with Crippen LogP contribution in [0.5, 0.6) is 0 Å². The molecule has 8 N–H and O–H groups in total. The van der Waals surface area contributed by atoms with Gasteiger partial charge in [-0.3, -0.25) is 0 Å².